The maximum Gasteiger partial charge on any atom is 0.301 e. The molecule has 0 fully saturated rings. The van der Waals surface area contributed by atoms with Gasteiger partial charge in [-0.1, -0.05) is 19.1 Å². The molecule has 0 aliphatic rings. The second-order valence-corrected chi connectivity index (χ2v) is 6.82. The van der Waals surface area contributed by atoms with E-state index in [1.165, 1.54) is 4.31 Å². The molecule has 0 spiro atoms. The number of hydrogen-bond acceptors (Lipinski definition) is 3. The van der Waals surface area contributed by atoms with Gasteiger partial charge in [0.15, 0.2) is 0 Å². The van der Waals surface area contributed by atoms with Crippen LogP contribution in [-0.4, -0.2) is 32.4 Å². The highest BCUT2D eigenvalue weighted by molar-refractivity contribution is 7.90. The van der Waals surface area contributed by atoms with Crippen LogP contribution in [0, 0.1) is 0 Å². The van der Waals surface area contributed by atoms with Crippen molar-refractivity contribution in [2.75, 3.05) is 18.3 Å². The van der Waals surface area contributed by atoms with Gasteiger partial charge in [-0.3, -0.25) is 4.72 Å². The van der Waals surface area contributed by atoms with Crippen LogP contribution in [0.4, 0.5) is 5.69 Å². The lowest BCUT2D eigenvalue weighted by molar-refractivity contribution is 0.414. The third-order valence-electron chi connectivity index (χ3n) is 3.06. The fourth-order valence-electron chi connectivity index (χ4n) is 1.60. The summed E-state index contributed by atoms with van der Waals surface area (Å²) in [6, 6.07) is 7.35. The maximum absolute atomic E-state index is 12.0. The normalized spacial score (nSPS) is 12.1. The molecule has 5 nitrogen and oxygen atoms in total. The molecule has 0 saturated carbocycles. The van der Waals surface area contributed by atoms with Crippen LogP contribution in [0.2, 0.25) is 0 Å². The molecule has 0 unspecified atom stereocenters. The second-order valence-electron chi connectivity index (χ2n) is 5.09. The first-order valence-corrected chi connectivity index (χ1v) is 8.36. The zero-order valence-corrected chi connectivity index (χ0v) is 13.5. The molecule has 0 bridgehead atoms. The Morgan fingerprint density at radius 3 is 2.30 bits per heavy atom. The van der Waals surface area contributed by atoms with Crippen molar-refractivity contribution < 1.29 is 8.42 Å². The van der Waals surface area contributed by atoms with Crippen LogP contribution in [0.25, 0.3) is 0 Å². The maximum atomic E-state index is 12.0. The van der Waals surface area contributed by atoms with E-state index in [0.717, 1.165) is 25.1 Å². The van der Waals surface area contributed by atoms with Gasteiger partial charge in [-0.25, -0.2) is 0 Å². The fraction of sp³-hybridized carbons (Fsp3) is 0.571. The summed E-state index contributed by atoms with van der Waals surface area (Å²) in [5.41, 5.74) is 1.72. The summed E-state index contributed by atoms with van der Waals surface area (Å²) < 4.78 is 28.0. The summed E-state index contributed by atoms with van der Waals surface area (Å²) in [4.78, 5) is 0. The SMILES string of the molecule is CCCNCc1ccc(NS(=O)(=O)N(C)C(C)C)cc1. The van der Waals surface area contributed by atoms with Crippen molar-refractivity contribution in [2.45, 2.75) is 39.8 Å². The van der Waals surface area contributed by atoms with Crippen LogP contribution in [0.5, 0.6) is 0 Å². The molecule has 0 atom stereocenters. The lowest BCUT2D eigenvalue weighted by atomic mass is 10.2. The van der Waals surface area contributed by atoms with E-state index in [1.54, 1.807) is 19.2 Å². The predicted octanol–water partition coefficient (Wildman–Crippen LogP) is 2.18. The highest BCUT2D eigenvalue weighted by Crippen LogP contribution is 2.13. The molecule has 0 aliphatic carbocycles. The summed E-state index contributed by atoms with van der Waals surface area (Å²) in [7, 11) is -1.91. The van der Waals surface area contributed by atoms with E-state index >= 15 is 0 Å². The van der Waals surface area contributed by atoms with Crippen molar-refractivity contribution in [2.24, 2.45) is 0 Å². The number of rotatable bonds is 8. The van der Waals surface area contributed by atoms with Gasteiger partial charge in [-0.15, -0.1) is 0 Å². The first kappa shape index (κ1) is 16.9. The average Bonchev–Trinajstić information content (AvgIpc) is 2.39. The molecule has 2 N–H and O–H groups in total. The minimum Gasteiger partial charge on any atom is -0.313 e. The summed E-state index contributed by atoms with van der Waals surface area (Å²) in [6.07, 6.45) is 1.10. The van der Waals surface area contributed by atoms with Gasteiger partial charge in [0.1, 0.15) is 0 Å². The largest absolute Gasteiger partial charge is 0.313 e. The predicted molar refractivity (Wildman–Crippen MR) is 83.9 cm³/mol. The molecule has 114 valence electrons. The van der Waals surface area contributed by atoms with Gasteiger partial charge in [-0.2, -0.15) is 12.7 Å². The summed E-state index contributed by atoms with van der Waals surface area (Å²) in [6.45, 7) is 7.57. The molecular weight excluding hydrogens is 274 g/mol. The molecule has 0 amide bonds. The minimum atomic E-state index is -3.48. The third kappa shape index (κ3) is 5.11. The Morgan fingerprint density at radius 2 is 1.80 bits per heavy atom. The number of nitrogens with one attached hydrogen (secondary N) is 2. The van der Waals surface area contributed by atoms with Crippen LogP contribution >= 0.6 is 0 Å². The minimum absolute atomic E-state index is 0.0787. The molecule has 1 aromatic carbocycles. The van der Waals surface area contributed by atoms with Gasteiger partial charge in [0.05, 0.1) is 0 Å². The van der Waals surface area contributed by atoms with Crippen LogP contribution < -0.4 is 10.0 Å². The Morgan fingerprint density at radius 1 is 1.20 bits per heavy atom. The summed E-state index contributed by atoms with van der Waals surface area (Å²) >= 11 is 0. The molecule has 1 rings (SSSR count). The monoisotopic (exact) mass is 299 g/mol. The second kappa shape index (κ2) is 7.61. The Bertz CT molecular complexity index is 498. The van der Waals surface area contributed by atoms with E-state index in [-0.39, 0.29) is 6.04 Å². The van der Waals surface area contributed by atoms with E-state index in [1.807, 2.05) is 26.0 Å². The molecule has 0 aliphatic heterocycles. The molecule has 20 heavy (non-hydrogen) atoms. The fourth-order valence-corrected chi connectivity index (χ4v) is 2.73. The van der Waals surface area contributed by atoms with E-state index in [0.29, 0.717) is 5.69 Å². The van der Waals surface area contributed by atoms with Crippen molar-refractivity contribution >= 4 is 15.9 Å². The topological polar surface area (TPSA) is 61.4 Å². The average molecular weight is 299 g/mol. The number of nitrogens with zero attached hydrogens (tertiary/aromatic N) is 1. The quantitative estimate of drug-likeness (QED) is 0.723. The van der Waals surface area contributed by atoms with Gasteiger partial charge >= 0.3 is 10.2 Å². The standard InChI is InChI=1S/C14H25N3O2S/c1-5-10-15-11-13-6-8-14(9-7-13)16-20(18,19)17(4)12(2)3/h6-9,12,15-16H,5,10-11H2,1-4H3. The van der Waals surface area contributed by atoms with Crippen molar-refractivity contribution in [3.8, 4) is 0 Å². The first-order valence-electron chi connectivity index (χ1n) is 6.92. The Kier molecular flexibility index (Phi) is 6.45. The van der Waals surface area contributed by atoms with E-state index in [4.69, 9.17) is 0 Å². The first-order chi connectivity index (χ1) is 9.36. The number of hydrogen-bond donors (Lipinski definition) is 2. The van der Waals surface area contributed by atoms with Gasteiger partial charge in [0.25, 0.3) is 0 Å². The van der Waals surface area contributed by atoms with Crippen LogP contribution in [0.3, 0.4) is 0 Å². The lowest BCUT2D eigenvalue weighted by Gasteiger charge is -2.21. The molecule has 6 heteroatoms. The highest BCUT2D eigenvalue weighted by Gasteiger charge is 2.19. The summed E-state index contributed by atoms with van der Waals surface area (Å²) in [5.74, 6) is 0. The van der Waals surface area contributed by atoms with Crippen molar-refractivity contribution in [1.29, 1.82) is 0 Å². The molecule has 0 saturated heterocycles. The summed E-state index contributed by atoms with van der Waals surface area (Å²) in [5, 5.41) is 3.31. The van der Waals surface area contributed by atoms with Gasteiger partial charge in [-0.05, 0) is 44.5 Å². The smallest absolute Gasteiger partial charge is 0.301 e. The van der Waals surface area contributed by atoms with Crippen molar-refractivity contribution in [1.82, 2.24) is 9.62 Å². The third-order valence-corrected chi connectivity index (χ3v) is 4.74. The molecule has 0 aromatic heterocycles. The van der Waals surface area contributed by atoms with Gasteiger partial charge in [0, 0.05) is 25.3 Å². The Balaban J connectivity index is 2.65. The van der Waals surface area contributed by atoms with Gasteiger partial charge in [0.2, 0.25) is 0 Å². The Labute approximate surface area is 122 Å². The number of anilines is 1. The van der Waals surface area contributed by atoms with E-state index in [9.17, 15) is 8.42 Å². The van der Waals surface area contributed by atoms with Crippen LogP contribution in [0.15, 0.2) is 24.3 Å². The van der Waals surface area contributed by atoms with Crippen LogP contribution in [0.1, 0.15) is 32.8 Å². The zero-order valence-electron chi connectivity index (χ0n) is 12.7. The van der Waals surface area contributed by atoms with E-state index < -0.39 is 10.2 Å². The Hall–Kier alpha value is -1.11. The van der Waals surface area contributed by atoms with Crippen LogP contribution in [-0.2, 0) is 16.8 Å². The van der Waals surface area contributed by atoms with Crippen molar-refractivity contribution in [3.05, 3.63) is 29.8 Å². The molecule has 0 heterocycles. The molecule has 1 aromatic rings. The van der Waals surface area contributed by atoms with Gasteiger partial charge < -0.3 is 5.32 Å². The van der Waals surface area contributed by atoms with E-state index in [2.05, 4.69) is 17.0 Å². The number of benzene rings is 1. The van der Waals surface area contributed by atoms with Crippen molar-refractivity contribution in [3.63, 3.8) is 0 Å². The lowest BCUT2D eigenvalue weighted by Crippen LogP contribution is -2.37. The highest BCUT2D eigenvalue weighted by atomic mass is 32.2. The molecule has 0 radical (unpaired) electrons. The molecular formula is C14H25N3O2S. The zero-order chi connectivity index (χ0) is 15.2.